The van der Waals surface area contributed by atoms with Crippen molar-refractivity contribution in [1.82, 2.24) is 0 Å². The number of nitrogens with zero attached hydrogens (tertiary/aromatic N) is 3. The normalized spacial score (nSPS) is 20.4. The second kappa shape index (κ2) is 14.2. The molecule has 0 spiro atoms. The first-order chi connectivity index (χ1) is 19.4. The Balaban J connectivity index is 1.52. The van der Waals surface area contributed by atoms with E-state index in [1.165, 1.54) is 12.0 Å². The van der Waals surface area contributed by atoms with Gasteiger partial charge in [-0.1, -0.05) is 37.5 Å². The van der Waals surface area contributed by atoms with Crippen LogP contribution in [0, 0.1) is 23.2 Å². The van der Waals surface area contributed by atoms with Gasteiger partial charge in [-0.15, -0.1) is 0 Å². The lowest BCUT2D eigenvalue weighted by molar-refractivity contribution is -0.123. The van der Waals surface area contributed by atoms with Gasteiger partial charge in [0.1, 0.15) is 11.8 Å². The third kappa shape index (κ3) is 7.33. The number of anilines is 1. The van der Waals surface area contributed by atoms with Gasteiger partial charge in [0, 0.05) is 42.2 Å². The lowest BCUT2D eigenvalue weighted by Crippen LogP contribution is -2.41. The molecule has 0 atom stereocenters. The third-order valence-electron chi connectivity index (χ3n) is 8.51. The number of rotatable bonds is 9. The minimum absolute atomic E-state index is 0.101. The van der Waals surface area contributed by atoms with Crippen molar-refractivity contribution in [3.63, 3.8) is 0 Å². The van der Waals surface area contributed by atoms with Gasteiger partial charge in [-0.25, -0.2) is 0 Å². The number of nitrogens with two attached hydrogens (primary N) is 1. The summed E-state index contributed by atoms with van der Waals surface area (Å²) in [6.45, 7) is 4.81. The number of methoxy groups -OCH3 is 1. The number of ether oxygens (including phenoxy) is 1. The fourth-order valence-electron chi connectivity index (χ4n) is 6.19. The molecule has 2 aromatic rings. The maximum Gasteiger partial charge on any atom is 0.230 e. The first-order valence-corrected chi connectivity index (χ1v) is 14.9. The number of carbonyl (C=O) groups is 1. The minimum Gasteiger partial charge on any atom is -0.495 e. The molecule has 2 aromatic carbocycles. The molecule has 4 rings (SSSR count). The van der Waals surface area contributed by atoms with Gasteiger partial charge in [0.2, 0.25) is 5.91 Å². The first-order valence-electron chi connectivity index (χ1n) is 14.9. The van der Waals surface area contributed by atoms with Crippen molar-refractivity contribution < 1.29 is 9.53 Å². The van der Waals surface area contributed by atoms with Gasteiger partial charge in [-0.05, 0) is 99.6 Å². The molecule has 0 bridgehead atoms. The molecule has 1 amide bonds. The number of allylic oxidation sites excluding steroid dienone is 1. The van der Waals surface area contributed by atoms with Crippen LogP contribution in [0.4, 0.5) is 5.69 Å². The van der Waals surface area contributed by atoms with Gasteiger partial charge < -0.3 is 15.4 Å². The molecule has 212 valence electrons. The largest absolute Gasteiger partial charge is 0.495 e. The summed E-state index contributed by atoms with van der Waals surface area (Å²) in [6.07, 6.45) is 13.1. The molecule has 0 heterocycles. The molecular weight excluding hydrogens is 496 g/mol. The fraction of sp³-hybridized carbons (Fsp3) is 0.500. The molecule has 6 heteroatoms. The van der Waals surface area contributed by atoms with Crippen LogP contribution in [0.3, 0.4) is 0 Å². The van der Waals surface area contributed by atoms with Crippen molar-refractivity contribution in [3.05, 3.63) is 65.4 Å². The zero-order valence-corrected chi connectivity index (χ0v) is 24.3. The molecular formula is C34H44N4O2. The molecule has 2 fully saturated rings. The molecule has 0 saturated heterocycles. The highest BCUT2D eigenvalue weighted by atomic mass is 16.5. The average molecular weight is 541 g/mol. The van der Waals surface area contributed by atoms with Crippen molar-refractivity contribution >= 4 is 23.4 Å². The van der Waals surface area contributed by atoms with E-state index < -0.39 is 0 Å². The van der Waals surface area contributed by atoms with Gasteiger partial charge in [0.15, 0.2) is 0 Å². The molecule has 0 radical (unpaired) electrons. The smallest absolute Gasteiger partial charge is 0.230 e. The summed E-state index contributed by atoms with van der Waals surface area (Å²) in [7, 11) is 1.60. The summed E-state index contributed by atoms with van der Waals surface area (Å²) in [5.41, 5.74) is 10.6. The highest BCUT2D eigenvalue weighted by Gasteiger charge is 2.31. The van der Waals surface area contributed by atoms with Gasteiger partial charge in [-0.3, -0.25) is 9.79 Å². The van der Waals surface area contributed by atoms with Crippen LogP contribution in [-0.4, -0.2) is 31.8 Å². The van der Waals surface area contributed by atoms with Gasteiger partial charge in [-0.2, -0.15) is 5.26 Å². The van der Waals surface area contributed by atoms with Crippen LogP contribution in [0.15, 0.2) is 53.7 Å². The van der Waals surface area contributed by atoms with E-state index in [2.05, 4.69) is 34.2 Å². The lowest BCUT2D eigenvalue weighted by atomic mass is 9.78. The molecule has 0 aliphatic heterocycles. The number of aliphatic imine (C=N–C) groups is 1. The second-order valence-corrected chi connectivity index (χ2v) is 11.6. The first kappa shape index (κ1) is 29.4. The standard InChI is InChI=1S/C34H44N4O2/c1-24(2)37-22-31(21-36)28-10-7-11-32(19-28)38(34(39)27-8-5-4-6-9-27)23-25-12-14-26(15-13-25)29-16-17-33(40-3)30(18-29)20-35/h7,10-11,16-19,21-22,24-27H,4-6,8-9,12-15,23,36H2,1-3H3/b31-21+,37-22?. The Kier molecular flexibility index (Phi) is 10.4. The minimum atomic E-state index is 0.101. The molecule has 6 nitrogen and oxygen atoms in total. The maximum absolute atomic E-state index is 14.0. The zero-order valence-electron chi connectivity index (χ0n) is 24.3. The van der Waals surface area contributed by atoms with Crippen molar-refractivity contribution in [3.8, 4) is 11.8 Å². The van der Waals surface area contributed by atoms with E-state index >= 15 is 0 Å². The van der Waals surface area contributed by atoms with Crippen LogP contribution in [0.5, 0.6) is 5.75 Å². The highest BCUT2D eigenvalue weighted by Crippen LogP contribution is 2.39. The number of amides is 1. The van der Waals surface area contributed by atoms with Gasteiger partial charge >= 0.3 is 0 Å². The maximum atomic E-state index is 14.0. The SMILES string of the molecule is COc1ccc(C2CCC(CN(C(=O)C3CCCCC3)c3cccc(/C(C=NC(C)C)=C/N)c3)CC2)cc1C#N. The number of carbonyl (C=O) groups excluding carboxylic acids is 1. The predicted molar refractivity (Wildman–Crippen MR) is 164 cm³/mol. The Morgan fingerprint density at radius 1 is 1.10 bits per heavy atom. The monoisotopic (exact) mass is 540 g/mol. The average Bonchev–Trinajstić information content (AvgIpc) is 3.00. The van der Waals surface area contributed by atoms with E-state index in [9.17, 15) is 10.1 Å². The Hall–Kier alpha value is -3.59. The molecule has 2 saturated carbocycles. The van der Waals surface area contributed by atoms with E-state index in [1.807, 2.05) is 44.3 Å². The van der Waals surface area contributed by atoms with Crippen LogP contribution in [0.2, 0.25) is 0 Å². The van der Waals surface area contributed by atoms with Crippen LogP contribution in [0.1, 0.15) is 94.2 Å². The van der Waals surface area contributed by atoms with Crippen molar-refractivity contribution in [2.45, 2.75) is 83.6 Å². The molecule has 2 aliphatic carbocycles. The van der Waals surface area contributed by atoms with E-state index in [0.29, 0.717) is 23.1 Å². The van der Waals surface area contributed by atoms with Crippen LogP contribution >= 0.6 is 0 Å². The van der Waals surface area contributed by atoms with E-state index in [-0.39, 0.29) is 17.9 Å². The third-order valence-corrected chi connectivity index (χ3v) is 8.51. The lowest BCUT2D eigenvalue weighted by Gasteiger charge is -2.35. The van der Waals surface area contributed by atoms with E-state index in [0.717, 1.165) is 74.7 Å². The zero-order chi connectivity index (χ0) is 28.5. The molecule has 2 N–H and O–H groups in total. The summed E-state index contributed by atoms with van der Waals surface area (Å²) in [4.78, 5) is 20.6. The highest BCUT2D eigenvalue weighted by molar-refractivity contribution is 6.10. The van der Waals surface area contributed by atoms with E-state index in [1.54, 1.807) is 13.3 Å². The number of hydrogen-bond donors (Lipinski definition) is 1. The Morgan fingerprint density at radius 3 is 2.50 bits per heavy atom. The van der Waals surface area contributed by atoms with Crippen LogP contribution in [-0.2, 0) is 4.79 Å². The summed E-state index contributed by atoms with van der Waals surface area (Å²) in [6, 6.07) is 16.6. The summed E-state index contributed by atoms with van der Waals surface area (Å²) >= 11 is 0. The Morgan fingerprint density at radius 2 is 1.85 bits per heavy atom. The number of hydrogen-bond acceptors (Lipinski definition) is 5. The Bertz CT molecular complexity index is 1240. The van der Waals surface area contributed by atoms with Crippen molar-refractivity contribution in [2.24, 2.45) is 22.6 Å². The van der Waals surface area contributed by atoms with Crippen molar-refractivity contribution in [2.75, 3.05) is 18.6 Å². The van der Waals surface area contributed by atoms with Crippen molar-refractivity contribution in [1.29, 1.82) is 5.26 Å². The predicted octanol–water partition coefficient (Wildman–Crippen LogP) is 7.23. The summed E-state index contributed by atoms with van der Waals surface area (Å²) in [5, 5.41) is 9.52. The molecule has 0 aromatic heterocycles. The molecule has 0 unspecified atom stereocenters. The topological polar surface area (TPSA) is 91.7 Å². The van der Waals surface area contributed by atoms with E-state index in [4.69, 9.17) is 10.5 Å². The summed E-state index contributed by atoms with van der Waals surface area (Å²) in [5.74, 6) is 1.86. The Labute approximate surface area is 239 Å². The second-order valence-electron chi connectivity index (χ2n) is 11.6. The van der Waals surface area contributed by atoms with Gasteiger partial charge in [0.05, 0.1) is 12.7 Å². The van der Waals surface area contributed by atoms with Crippen LogP contribution in [0.25, 0.3) is 5.57 Å². The van der Waals surface area contributed by atoms with Gasteiger partial charge in [0.25, 0.3) is 0 Å². The van der Waals surface area contributed by atoms with Crippen LogP contribution < -0.4 is 15.4 Å². The quantitative estimate of drug-likeness (QED) is 0.340. The summed E-state index contributed by atoms with van der Waals surface area (Å²) < 4.78 is 5.33. The fourth-order valence-corrected chi connectivity index (χ4v) is 6.19. The molecule has 40 heavy (non-hydrogen) atoms. The molecule has 2 aliphatic rings. The number of nitriles is 1. The number of benzene rings is 2.